The number of benzene rings is 1. The third-order valence-corrected chi connectivity index (χ3v) is 13.1. The Balaban J connectivity index is 1.24. The minimum absolute atomic E-state index is 0.00267. The number of nitrogens with one attached hydrogen (secondary N) is 3. The summed E-state index contributed by atoms with van der Waals surface area (Å²) in [5.74, 6) is -2.27. The van der Waals surface area contributed by atoms with Crippen LogP contribution in [0.3, 0.4) is 0 Å². The average molecular weight is 770 g/mol. The van der Waals surface area contributed by atoms with Crippen LogP contribution in [0.5, 0.6) is 11.5 Å². The summed E-state index contributed by atoms with van der Waals surface area (Å²) in [5.41, 5.74) is -0.156. The SMILES string of the molecule is COc1ccc2c(OCC[C@@H]3NC(=O)CCCCC/C=C\[C@@H]4C[C@@]4(C(=O)NS(=O)(=O)C4CCCCC4)NC3=O)cc(-c3nc(C(C)C)cs3)nc2c1F. The summed E-state index contributed by atoms with van der Waals surface area (Å²) in [7, 11) is -2.58. The van der Waals surface area contributed by atoms with Crippen LogP contribution < -0.4 is 24.8 Å². The number of methoxy groups -OCH3 is 1. The van der Waals surface area contributed by atoms with Gasteiger partial charge in [-0.1, -0.05) is 51.7 Å². The molecule has 2 saturated carbocycles. The molecular formula is C38H48FN5O7S2. The standard InChI is InChI=1S/C38H48FN5O7S2/c1-23(2)29-22-52-36(42-29)28-20-31(26-16-17-30(50-3)33(39)34(26)41-28)51-19-18-27-35(46)43-38(37(47)44-53(48,49)25-13-9-7-10-14-25)21-24(38)12-8-5-4-6-11-15-32(45)40-27/h8,12,16-17,20,22-25,27H,4-7,9-11,13-15,18-19,21H2,1-3H3,(H,40,45)(H,43,46)(H,44,47)/b12-8-/t24-,27+,38-/m1/s1. The quantitative estimate of drug-likeness (QED) is 0.208. The van der Waals surface area contributed by atoms with Crippen molar-refractivity contribution in [2.24, 2.45) is 5.92 Å². The van der Waals surface area contributed by atoms with Crippen LogP contribution >= 0.6 is 11.3 Å². The number of rotatable bonds is 10. The number of carbonyl (C=O) groups excluding carboxylic acids is 3. The fourth-order valence-corrected chi connectivity index (χ4v) is 9.54. The number of halogens is 1. The number of sulfonamides is 1. The summed E-state index contributed by atoms with van der Waals surface area (Å²) in [4.78, 5) is 50.1. The Morgan fingerprint density at radius 1 is 1.09 bits per heavy atom. The molecule has 3 amide bonds. The lowest BCUT2D eigenvalue weighted by Crippen LogP contribution is -2.57. The lowest BCUT2D eigenvalue weighted by atomic mass is 10.0. The summed E-state index contributed by atoms with van der Waals surface area (Å²) < 4.78 is 55.8. The third-order valence-electron chi connectivity index (χ3n) is 10.3. The third kappa shape index (κ3) is 8.83. The van der Waals surface area contributed by atoms with Gasteiger partial charge in [0.1, 0.15) is 33.5 Å². The molecule has 3 atom stereocenters. The van der Waals surface area contributed by atoms with Gasteiger partial charge in [0.2, 0.25) is 21.8 Å². The van der Waals surface area contributed by atoms with Crippen LogP contribution in [0.2, 0.25) is 0 Å². The van der Waals surface area contributed by atoms with E-state index < -0.39 is 50.4 Å². The number of carbonyl (C=O) groups is 3. The molecule has 6 rings (SSSR count). The van der Waals surface area contributed by atoms with Crippen LogP contribution in [0.25, 0.3) is 21.6 Å². The van der Waals surface area contributed by atoms with E-state index in [2.05, 4.69) is 25.3 Å². The number of hydrogen-bond acceptors (Lipinski definition) is 10. The van der Waals surface area contributed by atoms with E-state index in [0.29, 0.717) is 41.1 Å². The zero-order valence-electron chi connectivity index (χ0n) is 30.4. The minimum atomic E-state index is -3.95. The first kappa shape index (κ1) is 38.6. The second-order valence-corrected chi connectivity index (χ2v) is 17.3. The second-order valence-electron chi connectivity index (χ2n) is 14.5. The van der Waals surface area contributed by atoms with Crippen molar-refractivity contribution in [1.29, 1.82) is 0 Å². The molecule has 12 nitrogen and oxygen atoms in total. The van der Waals surface area contributed by atoms with Crippen molar-refractivity contribution in [3.8, 4) is 22.2 Å². The first-order chi connectivity index (χ1) is 25.4. The number of fused-ring (bicyclic) bond motifs is 2. The number of ether oxygens (including phenoxy) is 2. The van der Waals surface area contributed by atoms with Gasteiger partial charge in [-0.25, -0.2) is 22.8 Å². The largest absolute Gasteiger partial charge is 0.494 e. The van der Waals surface area contributed by atoms with Gasteiger partial charge in [0.15, 0.2) is 11.6 Å². The van der Waals surface area contributed by atoms with Crippen molar-refractivity contribution < 1.29 is 36.7 Å². The van der Waals surface area contributed by atoms with Gasteiger partial charge >= 0.3 is 0 Å². The lowest BCUT2D eigenvalue weighted by Gasteiger charge is -2.26. The molecule has 1 aliphatic heterocycles. The first-order valence-electron chi connectivity index (χ1n) is 18.5. The van der Waals surface area contributed by atoms with Crippen molar-refractivity contribution in [3.05, 3.63) is 47.2 Å². The Kier molecular flexibility index (Phi) is 12.0. The Hall–Kier alpha value is -4.11. The molecule has 0 spiro atoms. The molecule has 3 heterocycles. The molecule has 0 saturated heterocycles. The van der Waals surface area contributed by atoms with Crippen molar-refractivity contribution in [1.82, 2.24) is 25.3 Å². The van der Waals surface area contributed by atoms with E-state index in [0.717, 1.165) is 44.2 Å². The van der Waals surface area contributed by atoms with Gasteiger partial charge in [-0.3, -0.25) is 19.1 Å². The molecule has 0 unspecified atom stereocenters. The number of pyridine rings is 1. The second kappa shape index (κ2) is 16.5. The van der Waals surface area contributed by atoms with Crippen LogP contribution in [-0.4, -0.2) is 66.7 Å². The van der Waals surface area contributed by atoms with Gasteiger partial charge < -0.3 is 20.1 Å². The smallest absolute Gasteiger partial charge is 0.259 e. The molecular weight excluding hydrogens is 722 g/mol. The van der Waals surface area contributed by atoms with Crippen molar-refractivity contribution in [2.75, 3.05) is 13.7 Å². The van der Waals surface area contributed by atoms with E-state index in [1.807, 2.05) is 31.4 Å². The first-order valence-corrected chi connectivity index (χ1v) is 20.9. The van der Waals surface area contributed by atoms with E-state index in [4.69, 9.17) is 9.47 Å². The highest BCUT2D eigenvalue weighted by molar-refractivity contribution is 7.90. The predicted molar refractivity (Wildman–Crippen MR) is 201 cm³/mol. The number of hydrogen-bond donors (Lipinski definition) is 3. The zero-order chi connectivity index (χ0) is 37.8. The number of thiazole rings is 1. The van der Waals surface area contributed by atoms with E-state index in [1.165, 1.54) is 24.5 Å². The van der Waals surface area contributed by atoms with Crippen LogP contribution in [-0.2, 0) is 24.4 Å². The molecule has 286 valence electrons. The fraction of sp³-hybridized carbons (Fsp3) is 0.553. The monoisotopic (exact) mass is 769 g/mol. The normalized spacial score (nSPS) is 23.7. The van der Waals surface area contributed by atoms with E-state index in [1.54, 1.807) is 12.1 Å². The Morgan fingerprint density at radius 2 is 1.87 bits per heavy atom. The Labute approximate surface area is 313 Å². The average Bonchev–Trinajstić information content (AvgIpc) is 3.59. The van der Waals surface area contributed by atoms with Gasteiger partial charge in [0, 0.05) is 35.6 Å². The Bertz CT molecular complexity index is 1980. The van der Waals surface area contributed by atoms with E-state index in [9.17, 15) is 22.8 Å². The van der Waals surface area contributed by atoms with Gasteiger partial charge in [-0.2, -0.15) is 0 Å². The summed E-state index contributed by atoms with van der Waals surface area (Å²) in [6.07, 6.45) is 10.8. The predicted octanol–water partition coefficient (Wildman–Crippen LogP) is 6.06. The minimum Gasteiger partial charge on any atom is -0.494 e. The van der Waals surface area contributed by atoms with Crippen LogP contribution in [0.4, 0.5) is 4.39 Å². The highest BCUT2D eigenvalue weighted by Gasteiger charge is 2.61. The number of allylic oxidation sites excluding steroid dienone is 1. The summed E-state index contributed by atoms with van der Waals surface area (Å²) in [5, 5.41) is 7.90. The maximum atomic E-state index is 15.6. The fourth-order valence-electron chi connectivity index (χ4n) is 7.04. The molecule has 3 N–H and O–H groups in total. The highest BCUT2D eigenvalue weighted by Crippen LogP contribution is 2.46. The zero-order valence-corrected chi connectivity index (χ0v) is 32.0. The Morgan fingerprint density at radius 3 is 2.60 bits per heavy atom. The highest BCUT2D eigenvalue weighted by atomic mass is 32.2. The molecule has 1 aromatic carbocycles. The van der Waals surface area contributed by atoms with Crippen molar-refractivity contribution in [2.45, 2.75) is 114 Å². The van der Waals surface area contributed by atoms with Gasteiger partial charge in [-0.15, -0.1) is 11.3 Å². The molecule has 3 aromatic rings. The lowest BCUT2D eigenvalue weighted by molar-refractivity contribution is -0.132. The molecule has 2 aliphatic carbocycles. The molecule has 0 bridgehead atoms. The topological polar surface area (TPSA) is 166 Å². The molecule has 2 fully saturated rings. The van der Waals surface area contributed by atoms with Gasteiger partial charge in [0.05, 0.1) is 24.7 Å². The summed E-state index contributed by atoms with van der Waals surface area (Å²) in [6.45, 7) is 3.98. The number of nitrogens with zero attached hydrogens (tertiary/aromatic N) is 2. The van der Waals surface area contributed by atoms with E-state index >= 15 is 4.39 Å². The molecule has 3 aliphatic rings. The summed E-state index contributed by atoms with van der Waals surface area (Å²) in [6, 6.07) is 3.70. The van der Waals surface area contributed by atoms with E-state index in [-0.39, 0.29) is 49.0 Å². The molecule has 2 aromatic heterocycles. The van der Waals surface area contributed by atoms with Crippen molar-refractivity contribution >= 4 is 50.0 Å². The van der Waals surface area contributed by atoms with Crippen LogP contribution in [0.1, 0.15) is 103 Å². The molecule has 15 heteroatoms. The molecule has 53 heavy (non-hydrogen) atoms. The maximum Gasteiger partial charge on any atom is 0.259 e. The van der Waals surface area contributed by atoms with Crippen LogP contribution in [0, 0.1) is 11.7 Å². The number of aromatic nitrogens is 2. The maximum absolute atomic E-state index is 15.6. The number of amides is 3. The van der Waals surface area contributed by atoms with Crippen molar-refractivity contribution in [3.63, 3.8) is 0 Å². The summed E-state index contributed by atoms with van der Waals surface area (Å²) >= 11 is 1.38. The van der Waals surface area contributed by atoms with Gasteiger partial charge in [0.25, 0.3) is 5.91 Å². The molecule has 0 radical (unpaired) electrons. The van der Waals surface area contributed by atoms with Gasteiger partial charge in [-0.05, 0) is 56.6 Å². The van der Waals surface area contributed by atoms with Crippen LogP contribution in [0.15, 0.2) is 35.7 Å².